The summed E-state index contributed by atoms with van der Waals surface area (Å²) in [5, 5.41) is 0. The number of methoxy groups -OCH3 is 1. The third-order valence-corrected chi connectivity index (χ3v) is 2.34. The fourth-order valence-electron chi connectivity index (χ4n) is 1.39. The Balaban J connectivity index is 0.000000557. The third-order valence-electron chi connectivity index (χ3n) is 2.34. The minimum atomic E-state index is -1.92. The van der Waals surface area contributed by atoms with E-state index in [0.717, 1.165) is 19.4 Å². The van der Waals surface area contributed by atoms with Gasteiger partial charge in [-0.2, -0.15) is 5.57 Å². The number of hydrogen-bond donors (Lipinski definition) is 0. The maximum atomic E-state index is 5.03. The first-order chi connectivity index (χ1) is 7.77. The van der Waals surface area contributed by atoms with Gasteiger partial charge < -0.3 is 4.74 Å². The normalized spacial score (nSPS) is 14.8. The summed E-state index contributed by atoms with van der Waals surface area (Å²) in [5.41, 5.74) is 3.00. The van der Waals surface area contributed by atoms with Crippen molar-refractivity contribution in [2.75, 3.05) is 13.7 Å². The van der Waals surface area contributed by atoms with E-state index in [1.807, 2.05) is 0 Å². The van der Waals surface area contributed by atoms with E-state index in [0.29, 0.717) is 0 Å². The molecule has 0 spiro atoms. The Bertz CT molecular complexity index is 277. The molecule has 0 N–H and O–H groups in total. The summed E-state index contributed by atoms with van der Waals surface area (Å²) in [4.78, 5) is 0. The van der Waals surface area contributed by atoms with Gasteiger partial charge >= 0.3 is 42.6 Å². The molecule has 17 heavy (non-hydrogen) atoms. The van der Waals surface area contributed by atoms with Gasteiger partial charge in [-0.3, -0.25) is 0 Å². The van der Waals surface area contributed by atoms with Crippen LogP contribution < -0.4 is 0 Å². The Hall–Kier alpha value is 1.02. The van der Waals surface area contributed by atoms with E-state index in [1.165, 1.54) is 11.1 Å². The molecule has 0 heterocycles. The van der Waals surface area contributed by atoms with E-state index in [9.17, 15) is 0 Å². The van der Waals surface area contributed by atoms with Crippen LogP contribution in [0.5, 0.6) is 0 Å². The van der Waals surface area contributed by atoms with Crippen LogP contribution in [0.2, 0.25) is 0 Å². The predicted octanol–water partition coefficient (Wildman–Crippen LogP) is 5.19. The first-order valence-corrected chi connectivity index (χ1v) is 11.9. The molecule has 1 aliphatic carbocycles. The zero-order valence-electron chi connectivity index (χ0n) is 10.7. The molecule has 0 atom stereocenters. The van der Waals surface area contributed by atoms with Crippen LogP contribution in [0.25, 0.3) is 0 Å². The number of ether oxygens (including phenoxy) is 1. The molecular formula is C12H19Cl3OTi. The van der Waals surface area contributed by atoms with Crippen molar-refractivity contribution in [2.24, 2.45) is 5.41 Å². The van der Waals surface area contributed by atoms with Crippen molar-refractivity contribution in [3.63, 3.8) is 0 Å². The van der Waals surface area contributed by atoms with Gasteiger partial charge in [0, 0.05) is 13.7 Å². The Morgan fingerprint density at radius 3 is 2.24 bits per heavy atom. The summed E-state index contributed by atoms with van der Waals surface area (Å²) < 4.78 is 5.03. The van der Waals surface area contributed by atoms with Crippen LogP contribution in [0.4, 0.5) is 0 Å². The Morgan fingerprint density at radius 1 is 1.35 bits per heavy atom. The van der Waals surface area contributed by atoms with Gasteiger partial charge in [0.25, 0.3) is 0 Å². The second-order valence-corrected chi connectivity index (χ2v) is 12.5. The molecule has 1 rings (SSSR count). The van der Waals surface area contributed by atoms with Crippen LogP contribution in [-0.4, -0.2) is 13.7 Å². The predicted molar refractivity (Wildman–Crippen MR) is 73.0 cm³/mol. The summed E-state index contributed by atoms with van der Waals surface area (Å²) in [6.07, 6.45) is 7.80. The van der Waals surface area contributed by atoms with Crippen molar-refractivity contribution in [2.45, 2.75) is 33.6 Å². The molecule has 5 heteroatoms. The number of halogens is 3. The van der Waals surface area contributed by atoms with Gasteiger partial charge in [0.05, 0.1) is 0 Å². The molecule has 0 aromatic carbocycles. The number of rotatable bonds is 3. The first kappa shape index (κ1) is 18.0. The molecule has 0 bridgehead atoms. The van der Waals surface area contributed by atoms with Gasteiger partial charge in [-0.15, -0.1) is 0 Å². The second-order valence-electron chi connectivity index (χ2n) is 4.74. The fourth-order valence-corrected chi connectivity index (χ4v) is 1.39. The fraction of sp³-hybridized carbons (Fsp3) is 0.667. The van der Waals surface area contributed by atoms with E-state index >= 15 is 0 Å². The second kappa shape index (κ2) is 9.01. The molecule has 0 amide bonds. The van der Waals surface area contributed by atoms with Gasteiger partial charge in [0.15, 0.2) is 0 Å². The molecule has 1 aliphatic rings. The van der Waals surface area contributed by atoms with Crippen LogP contribution in [0.15, 0.2) is 17.2 Å². The molecule has 0 aliphatic heterocycles. The van der Waals surface area contributed by atoms with Gasteiger partial charge in [-0.1, -0.05) is 27.2 Å². The van der Waals surface area contributed by atoms with E-state index in [-0.39, 0.29) is 5.41 Å². The van der Waals surface area contributed by atoms with Crippen LogP contribution in [0, 0.1) is 11.5 Å². The van der Waals surface area contributed by atoms with Gasteiger partial charge in [0.2, 0.25) is 0 Å². The zero-order chi connectivity index (χ0) is 13.5. The molecule has 0 saturated heterocycles. The molecule has 0 aromatic heterocycles. The van der Waals surface area contributed by atoms with E-state index < -0.39 is 14.7 Å². The average Bonchev–Trinajstić information content (AvgIpc) is 2.61. The van der Waals surface area contributed by atoms with Crippen LogP contribution >= 0.6 is 27.9 Å². The molecule has 0 fully saturated rings. The molecule has 1 nitrogen and oxygen atoms in total. The third kappa shape index (κ3) is 9.58. The minimum absolute atomic E-state index is 0.269. The van der Waals surface area contributed by atoms with Crippen molar-refractivity contribution < 1.29 is 19.4 Å². The van der Waals surface area contributed by atoms with Gasteiger partial charge in [-0.25, -0.2) is 17.7 Å². The maximum absolute atomic E-state index is 5.03. The van der Waals surface area contributed by atoms with Crippen molar-refractivity contribution >= 4 is 27.9 Å². The molecule has 0 radical (unpaired) electrons. The molecule has 0 aromatic rings. The van der Waals surface area contributed by atoms with Gasteiger partial charge in [-0.05, 0) is 11.8 Å². The van der Waals surface area contributed by atoms with Crippen molar-refractivity contribution in [1.29, 1.82) is 0 Å². The van der Waals surface area contributed by atoms with Crippen molar-refractivity contribution in [3.8, 4) is 0 Å². The quantitative estimate of drug-likeness (QED) is 0.510. The molecule has 98 valence electrons. The van der Waals surface area contributed by atoms with Crippen LogP contribution in [0.3, 0.4) is 0 Å². The molecule has 0 saturated carbocycles. The SMILES string of the molecule is COCCC1=CCC(C(C)(C)C)=[C-]1.[Cl][Ti+]([Cl])[Cl]. The summed E-state index contributed by atoms with van der Waals surface area (Å²) in [7, 11) is 16.7. The summed E-state index contributed by atoms with van der Waals surface area (Å²) in [6.45, 7) is 7.52. The van der Waals surface area contributed by atoms with E-state index in [2.05, 4.69) is 32.9 Å². The standard InChI is InChI=1S/C12H19O.3ClH.Ti/c1-12(2,3)11-6-5-10(9-11)7-8-13-4;;;;/h5H,6-8H2,1-4H3;3*1H;/q-1;;;;+4/p-3. The summed E-state index contributed by atoms with van der Waals surface area (Å²) >= 11 is -1.92. The van der Waals surface area contributed by atoms with Gasteiger partial charge in [0.1, 0.15) is 0 Å². The summed E-state index contributed by atoms with van der Waals surface area (Å²) in [5.74, 6) is 0. The zero-order valence-corrected chi connectivity index (χ0v) is 14.6. The Labute approximate surface area is 123 Å². The van der Waals surface area contributed by atoms with E-state index in [4.69, 9.17) is 32.7 Å². The molecular weight excluding hydrogens is 314 g/mol. The first-order valence-electron chi connectivity index (χ1n) is 5.42. The van der Waals surface area contributed by atoms with Crippen LogP contribution in [-0.2, 0) is 19.4 Å². The number of hydrogen-bond acceptors (Lipinski definition) is 1. The van der Waals surface area contributed by atoms with Crippen molar-refractivity contribution in [3.05, 3.63) is 23.3 Å². The Morgan fingerprint density at radius 2 is 1.88 bits per heavy atom. The Kier molecular flexibility index (Phi) is 9.56. The monoisotopic (exact) mass is 332 g/mol. The topological polar surface area (TPSA) is 9.23 Å². The van der Waals surface area contributed by atoms with Crippen LogP contribution in [0.1, 0.15) is 33.6 Å². The van der Waals surface area contributed by atoms with E-state index in [1.54, 1.807) is 7.11 Å². The molecule has 0 unspecified atom stereocenters. The number of allylic oxidation sites excluding steroid dienone is 3. The van der Waals surface area contributed by atoms with Crippen molar-refractivity contribution in [1.82, 2.24) is 0 Å². The summed E-state index contributed by atoms with van der Waals surface area (Å²) in [6, 6.07) is 0. The average molecular weight is 334 g/mol.